The fourth-order valence-corrected chi connectivity index (χ4v) is 2.29. The highest BCUT2D eigenvalue weighted by atomic mass is 16.4. The molecule has 1 saturated heterocycles. The minimum absolute atomic E-state index is 0.0860. The van der Waals surface area contributed by atoms with Gasteiger partial charge in [-0.2, -0.15) is 0 Å². The molecule has 100 valence electrons. The first-order valence-corrected chi connectivity index (χ1v) is 5.82. The van der Waals surface area contributed by atoms with Crippen LogP contribution < -0.4 is 5.32 Å². The molecule has 1 aromatic carbocycles. The van der Waals surface area contributed by atoms with Crippen molar-refractivity contribution >= 4 is 17.8 Å². The van der Waals surface area contributed by atoms with Crippen LogP contribution >= 0.6 is 0 Å². The number of aromatic carboxylic acids is 1. The summed E-state index contributed by atoms with van der Waals surface area (Å²) in [7, 11) is 0. The molecule has 2 unspecified atom stereocenters. The van der Waals surface area contributed by atoms with Crippen molar-refractivity contribution in [3.05, 3.63) is 35.4 Å². The van der Waals surface area contributed by atoms with E-state index in [9.17, 15) is 14.4 Å². The van der Waals surface area contributed by atoms with Crippen LogP contribution in [0.15, 0.2) is 24.3 Å². The zero-order chi connectivity index (χ0) is 14.0. The lowest BCUT2D eigenvalue weighted by Gasteiger charge is -2.29. The van der Waals surface area contributed by atoms with Gasteiger partial charge in [-0.1, -0.05) is 12.1 Å². The second kappa shape index (κ2) is 5.09. The summed E-state index contributed by atoms with van der Waals surface area (Å²) in [5, 5.41) is 20.7. The third-order valence-corrected chi connectivity index (χ3v) is 3.29. The Labute approximate surface area is 109 Å². The predicted molar refractivity (Wildman–Crippen MR) is 64.9 cm³/mol. The number of carbonyl (C=O) groups is 3. The molecule has 1 aliphatic heterocycles. The molecule has 1 heterocycles. The van der Waals surface area contributed by atoms with Gasteiger partial charge in [0.15, 0.2) is 0 Å². The lowest BCUT2D eigenvalue weighted by molar-refractivity contribution is -0.146. The van der Waals surface area contributed by atoms with Crippen molar-refractivity contribution < 1.29 is 24.6 Å². The molecule has 2 atom stereocenters. The number of nitrogens with one attached hydrogen (secondary N) is 1. The highest BCUT2D eigenvalue weighted by Crippen LogP contribution is 2.30. The maximum atomic E-state index is 11.3. The fraction of sp³-hybridized carbons (Fsp3) is 0.308. The highest BCUT2D eigenvalue weighted by Gasteiger charge is 2.35. The zero-order valence-corrected chi connectivity index (χ0v) is 10.00. The molecule has 1 amide bonds. The van der Waals surface area contributed by atoms with Crippen LogP contribution in [-0.2, 0) is 9.59 Å². The van der Waals surface area contributed by atoms with E-state index in [-0.39, 0.29) is 24.4 Å². The number of rotatable bonds is 3. The van der Waals surface area contributed by atoms with Gasteiger partial charge in [0, 0.05) is 18.9 Å². The molecule has 0 saturated carbocycles. The number of carbonyl (C=O) groups excluding carboxylic acids is 1. The summed E-state index contributed by atoms with van der Waals surface area (Å²) in [5.74, 6) is -3.63. The third kappa shape index (κ3) is 2.73. The molecular weight excluding hydrogens is 250 g/mol. The summed E-state index contributed by atoms with van der Waals surface area (Å²) >= 11 is 0. The average molecular weight is 263 g/mol. The van der Waals surface area contributed by atoms with Crippen molar-refractivity contribution in [2.45, 2.75) is 12.3 Å². The van der Waals surface area contributed by atoms with Gasteiger partial charge >= 0.3 is 11.9 Å². The quantitative estimate of drug-likeness (QED) is 0.744. The lowest BCUT2D eigenvalue weighted by Crippen LogP contribution is -2.42. The number of carboxylic acid groups (broad SMARTS) is 2. The summed E-state index contributed by atoms with van der Waals surface area (Å²) in [4.78, 5) is 33.4. The molecular formula is C13H13NO5. The van der Waals surface area contributed by atoms with Crippen molar-refractivity contribution in [1.82, 2.24) is 5.32 Å². The molecule has 1 aliphatic rings. The first-order valence-electron chi connectivity index (χ1n) is 5.82. The molecule has 0 bridgehead atoms. The third-order valence-electron chi connectivity index (χ3n) is 3.29. The second-order valence-electron chi connectivity index (χ2n) is 4.49. The molecule has 0 spiro atoms. The van der Waals surface area contributed by atoms with Crippen LogP contribution in [0.4, 0.5) is 0 Å². The van der Waals surface area contributed by atoms with Crippen LogP contribution in [0.5, 0.6) is 0 Å². The fourth-order valence-electron chi connectivity index (χ4n) is 2.29. The Morgan fingerprint density at radius 2 is 2.00 bits per heavy atom. The predicted octanol–water partition coefficient (Wildman–Crippen LogP) is 0.689. The monoisotopic (exact) mass is 263 g/mol. The van der Waals surface area contributed by atoms with Crippen LogP contribution in [0.2, 0.25) is 0 Å². The Bertz CT molecular complexity index is 540. The number of amides is 1. The molecule has 6 heteroatoms. The van der Waals surface area contributed by atoms with E-state index in [0.29, 0.717) is 5.56 Å². The van der Waals surface area contributed by atoms with Gasteiger partial charge in [0.1, 0.15) is 0 Å². The van der Waals surface area contributed by atoms with Crippen molar-refractivity contribution in [2.75, 3.05) is 6.54 Å². The van der Waals surface area contributed by atoms with E-state index in [0.717, 1.165) is 0 Å². The molecule has 2 rings (SSSR count). The van der Waals surface area contributed by atoms with E-state index < -0.39 is 23.8 Å². The molecule has 3 N–H and O–H groups in total. The van der Waals surface area contributed by atoms with E-state index in [4.69, 9.17) is 10.2 Å². The minimum Gasteiger partial charge on any atom is -0.481 e. The lowest BCUT2D eigenvalue weighted by atomic mass is 9.81. The Kier molecular flexibility index (Phi) is 3.50. The number of piperidine rings is 1. The summed E-state index contributed by atoms with van der Waals surface area (Å²) in [6.45, 7) is 0.207. The largest absolute Gasteiger partial charge is 0.481 e. The van der Waals surface area contributed by atoms with Gasteiger partial charge < -0.3 is 15.5 Å². The number of carboxylic acids is 2. The number of hydrogen-bond acceptors (Lipinski definition) is 3. The van der Waals surface area contributed by atoms with Crippen LogP contribution in [0.1, 0.15) is 28.3 Å². The Morgan fingerprint density at radius 3 is 2.63 bits per heavy atom. The Hall–Kier alpha value is -2.37. The summed E-state index contributed by atoms with van der Waals surface area (Å²) in [6.07, 6.45) is -0.0860. The van der Waals surface area contributed by atoms with Crippen LogP contribution in [0.25, 0.3) is 0 Å². The normalized spacial score (nSPS) is 22.6. The Balaban J connectivity index is 2.33. The molecule has 0 aliphatic carbocycles. The molecule has 1 aromatic rings. The van der Waals surface area contributed by atoms with Gasteiger partial charge in [0.2, 0.25) is 5.91 Å². The molecule has 0 aromatic heterocycles. The van der Waals surface area contributed by atoms with Crippen LogP contribution in [-0.4, -0.2) is 34.6 Å². The van der Waals surface area contributed by atoms with E-state index in [1.807, 2.05) is 0 Å². The van der Waals surface area contributed by atoms with Gasteiger partial charge in [-0.25, -0.2) is 4.79 Å². The van der Waals surface area contributed by atoms with Crippen molar-refractivity contribution in [3.8, 4) is 0 Å². The van der Waals surface area contributed by atoms with Gasteiger partial charge in [0.25, 0.3) is 0 Å². The first-order chi connectivity index (χ1) is 8.99. The molecule has 1 fully saturated rings. The molecule has 19 heavy (non-hydrogen) atoms. The van der Waals surface area contributed by atoms with E-state index in [2.05, 4.69) is 5.32 Å². The summed E-state index contributed by atoms with van der Waals surface area (Å²) in [6, 6.07) is 6.17. The van der Waals surface area contributed by atoms with Gasteiger partial charge in [-0.05, 0) is 17.7 Å². The topological polar surface area (TPSA) is 104 Å². The van der Waals surface area contributed by atoms with Gasteiger partial charge in [0.05, 0.1) is 11.5 Å². The average Bonchev–Trinajstić information content (AvgIpc) is 2.38. The van der Waals surface area contributed by atoms with Gasteiger partial charge in [-0.15, -0.1) is 0 Å². The van der Waals surface area contributed by atoms with Crippen molar-refractivity contribution in [1.29, 1.82) is 0 Å². The second-order valence-corrected chi connectivity index (χ2v) is 4.49. The molecule has 0 radical (unpaired) electrons. The Morgan fingerprint density at radius 1 is 1.26 bits per heavy atom. The standard InChI is InChI=1S/C13H13NO5/c15-11-5-9(13(18)19)10(6-14-11)7-2-1-3-8(4-7)12(16)17/h1-4,9-10H,5-6H2,(H,14,15)(H,16,17)(H,18,19). The van der Waals surface area contributed by atoms with Crippen molar-refractivity contribution in [2.24, 2.45) is 5.92 Å². The minimum atomic E-state index is -1.06. The van der Waals surface area contributed by atoms with E-state index >= 15 is 0 Å². The van der Waals surface area contributed by atoms with Crippen LogP contribution in [0.3, 0.4) is 0 Å². The zero-order valence-electron chi connectivity index (χ0n) is 10.00. The first kappa shape index (κ1) is 13.1. The number of aliphatic carboxylic acids is 1. The van der Waals surface area contributed by atoms with Crippen LogP contribution in [0, 0.1) is 5.92 Å². The van der Waals surface area contributed by atoms with E-state index in [1.165, 1.54) is 12.1 Å². The maximum Gasteiger partial charge on any atom is 0.335 e. The summed E-state index contributed by atoms with van der Waals surface area (Å²) in [5.41, 5.74) is 0.728. The number of hydrogen-bond donors (Lipinski definition) is 3. The number of benzene rings is 1. The smallest absolute Gasteiger partial charge is 0.335 e. The summed E-state index contributed by atoms with van der Waals surface area (Å²) < 4.78 is 0. The van der Waals surface area contributed by atoms with Gasteiger partial charge in [-0.3, -0.25) is 9.59 Å². The highest BCUT2D eigenvalue weighted by molar-refractivity contribution is 5.88. The maximum absolute atomic E-state index is 11.3. The van der Waals surface area contributed by atoms with E-state index in [1.54, 1.807) is 12.1 Å². The molecule has 6 nitrogen and oxygen atoms in total. The SMILES string of the molecule is O=C1CC(C(=O)O)C(c2cccc(C(=O)O)c2)CN1. The van der Waals surface area contributed by atoms with Crippen molar-refractivity contribution in [3.63, 3.8) is 0 Å².